The van der Waals surface area contributed by atoms with Crippen molar-refractivity contribution in [1.29, 1.82) is 0 Å². The Bertz CT molecular complexity index is 996. The van der Waals surface area contributed by atoms with E-state index in [-0.39, 0.29) is 11.8 Å². The minimum Gasteiger partial charge on any atom is -0.497 e. The summed E-state index contributed by atoms with van der Waals surface area (Å²) in [6.07, 6.45) is 2.61. The molecule has 0 aliphatic carbocycles. The molecule has 0 spiro atoms. The molecule has 1 fully saturated rings. The Balaban J connectivity index is 1.38. The maximum absolute atomic E-state index is 12.7. The number of piperazine rings is 1. The highest BCUT2D eigenvalue weighted by Gasteiger charge is 2.28. The van der Waals surface area contributed by atoms with Crippen molar-refractivity contribution < 1.29 is 23.5 Å². The quantitative estimate of drug-likeness (QED) is 0.685. The fraction of sp³-hybridized carbons (Fsp3) is 0.263. The zero-order chi connectivity index (χ0) is 19.5. The normalized spacial score (nSPS) is 14.2. The molecular formula is C19H18N4O5. The van der Waals surface area contributed by atoms with Crippen molar-refractivity contribution in [3.8, 4) is 11.5 Å². The number of benzene rings is 1. The van der Waals surface area contributed by atoms with E-state index in [1.807, 2.05) is 0 Å². The molecule has 144 valence electrons. The molecule has 1 aliphatic rings. The van der Waals surface area contributed by atoms with Gasteiger partial charge in [0.1, 0.15) is 11.3 Å². The largest absolute Gasteiger partial charge is 0.497 e. The zero-order valence-corrected chi connectivity index (χ0v) is 15.2. The van der Waals surface area contributed by atoms with Gasteiger partial charge in [0.15, 0.2) is 11.3 Å². The number of nitrogens with zero attached hydrogens (tertiary/aromatic N) is 4. The lowest BCUT2D eigenvalue weighted by Crippen LogP contribution is -2.51. The fourth-order valence-electron chi connectivity index (χ4n) is 2.93. The van der Waals surface area contributed by atoms with E-state index in [4.69, 9.17) is 13.9 Å². The van der Waals surface area contributed by atoms with Gasteiger partial charge in [0.2, 0.25) is 0 Å². The van der Waals surface area contributed by atoms with E-state index in [1.165, 1.54) is 6.20 Å². The van der Waals surface area contributed by atoms with Crippen LogP contribution in [0.25, 0.3) is 11.1 Å². The lowest BCUT2D eigenvalue weighted by Gasteiger charge is -2.33. The average Bonchev–Trinajstić information content (AvgIpc) is 3.17. The Kier molecular flexibility index (Phi) is 4.79. The van der Waals surface area contributed by atoms with Gasteiger partial charge in [-0.1, -0.05) is 0 Å². The summed E-state index contributed by atoms with van der Waals surface area (Å²) in [5.74, 6) is 0.735. The van der Waals surface area contributed by atoms with E-state index in [2.05, 4.69) is 9.97 Å². The van der Waals surface area contributed by atoms with Gasteiger partial charge >= 0.3 is 12.0 Å². The maximum Gasteiger partial charge on any atom is 0.415 e. The van der Waals surface area contributed by atoms with Crippen LogP contribution < -0.4 is 9.47 Å². The summed E-state index contributed by atoms with van der Waals surface area (Å²) in [6, 6.07) is 8.52. The number of amides is 2. The first-order chi connectivity index (χ1) is 13.6. The van der Waals surface area contributed by atoms with Gasteiger partial charge in [-0.05, 0) is 24.3 Å². The summed E-state index contributed by atoms with van der Waals surface area (Å²) in [5.41, 5.74) is 1.07. The average molecular weight is 382 g/mol. The van der Waals surface area contributed by atoms with Gasteiger partial charge in [-0.25, -0.2) is 9.78 Å². The van der Waals surface area contributed by atoms with Crippen LogP contribution in [-0.4, -0.2) is 65.1 Å². The number of aromatic nitrogens is 2. The standard InChI is InChI=1S/C19H18N4O5/c1-26-13-4-5-16-15(11-13)21-17(28-16)18(24)22-7-9-23(10-8-22)19(25)27-14-3-2-6-20-12-14/h2-6,11-12H,7-10H2,1H3. The van der Waals surface area contributed by atoms with Crippen molar-refractivity contribution in [3.05, 3.63) is 48.6 Å². The van der Waals surface area contributed by atoms with E-state index in [9.17, 15) is 9.59 Å². The number of pyridine rings is 1. The van der Waals surface area contributed by atoms with Crippen molar-refractivity contribution in [2.24, 2.45) is 0 Å². The van der Waals surface area contributed by atoms with Crippen LogP contribution in [0.1, 0.15) is 10.7 Å². The van der Waals surface area contributed by atoms with Crippen LogP contribution in [0, 0.1) is 0 Å². The lowest BCUT2D eigenvalue weighted by atomic mass is 10.3. The number of rotatable bonds is 3. The number of carbonyl (C=O) groups is 2. The summed E-state index contributed by atoms with van der Waals surface area (Å²) in [5, 5.41) is 0. The van der Waals surface area contributed by atoms with E-state index >= 15 is 0 Å². The second-order valence-electron chi connectivity index (χ2n) is 6.19. The third-order valence-corrected chi connectivity index (χ3v) is 4.44. The highest BCUT2D eigenvalue weighted by Crippen LogP contribution is 2.22. The first-order valence-electron chi connectivity index (χ1n) is 8.74. The number of ether oxygens (including phenoxy) is 2. The molecule has 0 N–H and O–H groups in total. The van der Waals surface area contributed by atoms with Gasteiger partial charge in [-0.15, -0.1) is 0 Å². The van der Waals surface area contributed by atoms with Crippen LogP contribution in [0.3, 0.4) is 0 Å². The predicted molar refractivity (Wildman–Crippen MR) is 98.3 cm³/mol. The molecule has 3 aromatic rings. The zero-order valence-electron chi connectivity index (χ0n) is 15.2. The molecule has 0 saturated carbocycles. The second kappa shape index (κ2) is 7.55. The Morgan fingerprint density at radius 3 is 2.57 bits per heavy atom. The maximum atomic E-state index is 12.7. The van der Waals surface area contributed by atoms with Crippen LogP contribution in [0.15, 0.2) is 47.1 Å². The SMILES string of the molecule is COc1ccc2oc(C(=O)N3CCN(C(=O)Oc4cccnc4)CC3)nc2c1. The predicted octanol–water partition coefficient (Wildman–Crippen LogP) is 2.19. The van der Waals surface area contributed by atoms with E-state index in [0.717, 1.165) is 0 Å². The van der Waals surface area contributed by atoms with Crippen LogP contribution >= 0.6 is 0 Å². The lowest BCUT2D eigenvalue weighted by molar-refractivity contribution is 0.0599. The second-order valence-corrected chi connectivity index (χ2v) is 6.19. The summed E-state index contributed by atoms with van der Waals surface area (Å²) in [4.78, 5) is 36.2. The van der Waals surface area contributed by atoms with Crippen LogP contribution in [-0.2, 0) is 0 Å². The number of fused-ring (bicyclic) bond motifs is 1. The number of oxazole rings is 1. The third kappa shape index (κ3) is 3.59. The third-order valence-electron chi connectivity index (χ3n) is 4.44. The van der Waals surface area contributed by atoms with Gasteiger partial charge in [-0.3, -0.25) is 9.78 Å². The van der Waals surface area contributed by atoms with Crippen molar-refractivity contribution in [2.75, 3.05) is 33.3 Å². The molecule has 4 rings (SSSR count). The molecule has 1 saturated heterocycles. The van der Waals surface area contributed by atoms with E-state index in [1.54, 1.807) is 53.4 Å². The van der Waals surface area contributed by atoms with Crippen molar-refractivity contribution in [3.63, 3.8) is 0 Å². The van der Waals surface area contributed by atoms with Gasteiger partial charge in [0, 0.05) is 38.4 Å². The van der Waals surface area contributed by atoms with Crippen LogP contribution in [0.5, 0.6) is 11.5 Å². The van der Waals surface area contributed by atoms with Crippen LogP contribution in [0.2, 0.25) is 0 Å². The van der Waals surface area contributed by atoms with E-state index in [0.29, 0.717) is 48.8 Å². The molecule has 1 aromatic carbocycles. The molecule has 0 bridgehead atoms. The Morgan fingerprint density at radius 2 is 1.86 bits per heavy atom. The molecule has 3 heterocycles. The summed E-state index contributed by atoms with van der Waals surface area (Å²) in [7, 11) is 1.56. The molecule has 2 amide bonds. The highest BCUT2D eigenvalue weighted by atomic mass is 16.6. The summed E-state index contributed by atoms with van der Waals surface area (Å²) >= 11 is 0. The highest BCUT2D eigenvalue weighted by molar-refractivity contribution is 5.92. The molecule has 2 aromatic heterocycles. The van der Waals surface area contributed by atoms with Gasteiger partial charge in [0.25, 0.3) is 5.89 Å². The van der Waals surface area contributed by atoms with Crippen LogP contribution in [0.4, 0.5) is 4.79 Å². The monoisotopic (exact) mass is 382 g/mol. The number of hydrogen-bond donors (Lipinski definition) is 0. The van der Waals surface area contributed by atoms with Gasteiger partial charge in [0.05, 0.1) is 13.3 Å². The van der Waals surface area contributed by atoms with E-state index < -0.39 is 6.09 Å². The fourth-order valence-corrected chi connectivity index (χ4v) is 2.93. The van der Waals surface area contributed by atoms with Crippen molar-refractivity contribution in [1.82, 2.24) is 19.8 Å². The molecule has 0 atom stereocenters. The number of carbonyl (C=O) groups excluding carboxylic acids is 2. The smallest absolute Gasteiger partial charge is 0.415 e. The Morgan fingerprint density at radius 1 is 1.07 bits per heavy atom. The van der Waals surface area contributed by atoms with Crippen molar-refractivity contribution in [2.45, 2.75) is 0 Å². The van der Waals surface area contributed by atoms with Gasteiger partial charge in [-0.2, -0.15) is 0 Å². The number of methoxy groups -OCH3 is 1. The molecule has 9 nitrogen and oxygen atoms in total. The topological polar surface area (TPSA) is 98.0 Å². The minimum absolute atomic E-state index is 0.0228. The first kappa shape index (κ1) is 17.8. The summed E-state index contributed by atoms with van der Waals surface area (Å²) in [6.45, 7) is 1.45. The summed E-state index contributed by atoms with van der Waals surface area (Å²) < 4.78 is 16.0. The molecule has 28 heavy (non-hydrogen) atoms. The molecule has 0 unspecified atom stereocenters. The first-order valence-corrected chi connectivity index (χ1v) is 8.74. The minimum atomic E-state index is -0.464. The van der Waals surface area contributed by atoms with Crippen molar-refractivity contribution >= 4 is 23.1 Å². The Hall–Kier alpha value is -3.62. The number of hydrogen-bond acceptors (Lipinski definition) is 7. The van der Waals surface area contributed by atoms with Gasteiger partial charge < -0.3 is 23.7 Å². The molecular weight excluding hydrogens is 364 g/mol. The Labute approximate surface area is 160 Å². The molecule has 9 heteroatoms. The molecule has 0 radical (unpaired) electrons. The molecule has 1 aliphatic heterocycles.